The second-order valence-electron chi connectivity index (χ2n) is 7.57. The summed E-state index contributed by atoms with van der Waals surface area (Å²) in [6.45, 7) is 5.08. The van der Waals surface area contributed by atoms with E-state index < -0.39 is 22.5 Å². The normalized spacial score (nSPS) is 10.8. The van der Waals surface area contributed by atoms with Crippen LogP contribution in [0.1, 0.15) is 15.9 Å². The molecule has 8 nitrogen and oxygen atoms in total. The van der Waals surface area contributed by atoms with Gasteiger partial charge in [-0.1, -0.05) is 36.4 Å². The number of carbonyl (C=O) groups is 2. The van der Waals surface area contributed by atoms with Gasteiger partial charge in [-0.15, -0.1) is 6.58 Å². The highest BCUT2D eigenvalue weighted by Gasteiger charge is 2.28. The molecule has 0 aromatic heterocycles. The molecule has 0 unspecified atom stereocenters. The lowest BCUT2D eigenvalue weighted by molar-refractivity contribution is -0.114. The summed E-state index contributed by atoms with van der Waals surface area (Å²) in [5.74, 6) is -0.437. The molecule has 0 aliphatic carbocycles. The fourth-order valence-electron chi connectivity index (χ4n) is 3.42. The van der Waals surface area contributed by atoms with Crippen molar-refractivity contribution in [2.45, 2.75) is 11.8 Å². The molecule has 0 radical (unpaired) electrons. The first-order valence-electron chi connectivity index (χ1n) is 10.8. The van der Waals surface area contributed by atoms with Crippen LogP contribution in [-0.4, -0.2) is 40.4 Å². The standard InChI is InChI=1S/C26H27N3O5S/c1-4-16-27-26(31)22-12-8-9-13-23(22)28-25(30)18-29(20-10-6-5-7-11-20)35(32,33)21-14-15-24(34-3)19(2)17-21/h4-15,17H,1,16,18H2,2-3H3,(H,27,31)(H,28,30). The molecular weight excluding hydrogens is 466 g/mol. The summed E-state index contributed by atoms with van der Waals surface area (Å²) in [7, 11) is -2.59. The van der Waals surface area contributed by atoms with Gasteiger partial charge in [-0.25, -0.2) is 8.42 Å². The van der Waals surface area contributed by atoms with Crippen LogP contribution >= 0.6 is 0 Å². The zero-order valence-electron chi connectivity index (χ0n) is 19.5. The Hall–Kier alpha value is -4.11. The van der Waals surface area contributed by atoms with Gasteiger partial charge in [0, 0.05) is 6.54 Å². The van der Waals surface area contributed by atoms with Crippen molar-refractivity contribution in [1.29, 1.82) is 0 Å². The van der Waals surface area contributed by atoms with Gasteiger partial charge in [0.15, 0.2) is 0 Å². The van der Waals surface area contributed by atoms with Crippen molar-refractivity contribution in [1.82, 2.24) is 5.32 Å². The minimum absolute atomic E-state index is 0.0247. The van der Waals surface area contributed by atoms with Gasteiger partial charge in [-0.05, 0) is 55.0 Å². The number of nitrogens with one attached hydrogen (secondary N) is 2. The maximum Gasteiger partial charge on any atom is 0.264 e. The highest BCUT2D eigenvalue weighted by Crippen LogP contribution is 2.27. The first-order valence-corrected chi connectivity index (χ1v) is 12.2. The molecule has 35 heavy (non-hydrogen) atoms. The molecule has 0 spiro atoms. The van der Waals surface area contributed by atoms with Crippen molar-refractivity contribution < 1.29 is 22.7 Å². The van der Waals surface area contributed by atoms with Gasteiger partial charge in [0.25, 0.3) is 15.9 Å². The van der Waals surface area contributed by atoms with Crippen LogP contribution in [0.2, 0.25) is 0 Å². The molecule has 3 rings (SSSR count). The van der Waals surface area contributed by atoms with Crippen LogP contribution in [0.5, 0.6) is 5.75 Å². The van der Waals surface area contributed by atoms with E-state index in [-0.39, 0.29) is 28.6 Å². The molecule has 182 valence electrons. The van der Waals surface area contributed by atoms with Gasteiger partial charge >= 0.3 is 0 Å². The Morgan fingerprint density at radius 2 is 1.71 bits per heavy atom. The Labute approximate surface area is 205 Å². The first-order chi connectivity index (χ1) is 16.8. The molecular formula is C26H27N3O5S. The average Bonchev–Trinajstić information content (AvgIpc) is 2.86. The number of carbonyl (C=O) groups excluding carboxylic acids is 2. The number of hydrogen-bond acceptors (Lipinski definition) is 5. The zero-order chi connectivity index (χ0) is 25.4. The molecule has 3 aromatic rings. The molecule has 9 heteroatoms. The number of para-hydroxylation sites is 2. The van der Waals surface area contributed by atoms with E-state index in [0.29, 0.717) is 17.0 Å². The van der Waals surface area contributed by atoms with Gasteiger partial charge in [0.2, 0.25) is 5.91 Å². The maximum atomic E-state index is 13.6. The number of hydrogen-bond donors (Lipinski definition) is 2. The van der Waals surface area contributed by atoms with E-state index in [4.69, 9.17) is 4.74 Å². The number of rotatable bonds is 10. The van der Waals surface area contributed by atoms with Gasteiger partial charge in [0.1, 0.15) is 12.3 Å². The SMILES string of the molecule is C=CCNC(=O)c1ccccc1NC(=O)CN(c1ccccc1)S(=O)(=O)c1ccc(OC)c(C)c1. The predicted molar refractivity (Wildman–Crippen MR) is 136 cm³/mol. The van der Waals surface area contributed by atoms with Crippen LogP contribution in [0.3, 0.4) is 0 Å². The number of ether oxygens (including phenoxy) is 1. The fraction of sp³-hybridized carbons (Fsp3) is 0.154. The van der Waals surface area contributed by atoms with Crippen molar-refractivity contribution in [3.8, 4) is 5.75 Å². The molecule has 3 aromatic carbocycles. The molecule has 2 amide bonds. The van der Waals surface area contributed by atoms with E-state index in [0.717, 1.165) is 4.31 Å². The number of nitrogens with zero attached hydrogens (tertiary/aromatic N) is 1. The molecule has 0 aliphatic heterocycles. The van der Waals surface area contributed by atoms with Crippen LogP contribution in [0, 0.1) is 6.92 Å². The molecule has 0 saturated heterocycles. The number of sulfonamides is 1. The minimum atomic E-state index is -4.10. The summed E-state index contributed by atoms with van der Waals surface area (Å²) in [6.07, 6.45) is 1.54. The number of methoxy groups -OCH3 is 1. The average molecular weight is 494 g/mol. The summed E-state index contributed by atoms with van der Waals surface area (Å²) in [6, 6.07) is 19.4. The molecule has 2 N–H and O–H groups in total. The molecule has 0 bridgehead atoms. The monoisotopic (exact) mass is 493 g/mol. The van der Waals surface area contributed by atoms with Crippen LogP contribution in [0.15, 0.2) is 90.3 Å². The summed E-state index contributed by atoms with van der Waals surface area (Å²) < 4.78 is 33.5. The van der Waals surface area contributed by atoms with Gasteiger partial charge in [-0.3, -0.25) is 13.9 Å². The third kappa shape index (κ3) is 6.07. The van der Waals surface area contributed by atoms with Crippen LogP contribution in [0.25, 0.3) is 0 Å². The van der Waals surface area contributed by atoms with Crippen molar-refractivity contribution in [2.24, 2.45) is 0 Å². The Morgan fingerprint density at radius 1 is 1.03 bits per heavy atom. The fourth-order valence-corrected chi connectivity index (χ4v) is 4.92. The maximum absolute atomic E-state index is 13.6. The number of anilines is 2. The van der Waals surface area contributed by atoms with E-state index in [9.17, 15) is 18.0 Å². The Kier molecular flexibility index (Phi) is 8.27. The summed E-state index contributed by atoms with van der Waals surface area (Å²) in [5, 5.41) is 5.33. The highest BCUT2D eigenvalue weighted by atomic mass is 32.2. The molecule has 0 fully saturated rings. The largest absolute Gasteiger partial charge is 0.496 e. The third-order valence-corrected chi connectivity index (χ3v) is 6.91. The van der Waals surface area contributed by atoms with Crippen LogP contribution in [-0.2, 0) is 14.8 Å². The molecule has 0 atom stereocenters. The lowest BCUT2D eigenvalue weighted by atomic mass is 10.1. The van der Waals surface area contributed by atoms with E-state index in [1.807, 2.05) is 0 Å². The lowest BCUT2D eigenvalue weighted by Gasteiger charge is -2.24. The highest BCUT2D eigenvalue weighted by molar-refractivity contribution is 7.92. The Balaban J connectivity index is 1.92. The number of aryl methyl sites for hydroxylation is 1. The van der Waals surface area contributed by atoms with Gasteiger partial charge in [0.05, 0.1) is 28.9 Å². The lowest BCUT2D eigenvalue weighted by Crippen LogP contribution is -2.38. The van der Waals surface area contributed by atoms with E-state index in [1.54, 1.807) is 73.7 Å². The van der Waals surface area contributed by atoms with Crippen molar-refractivity contribution >= 4 is 33.2 Å². The zero-order valence-corrected chi connectivity index (χ0v) is 20.3. The summed E-state index contributed by atoms with van der Waals surface area (Å²) in [5.41, 5.74) is 1.49. The Morgan fingerprint density at radius 3 is 2.37 bits per heavy atom. The molecule has 0 aliphatic rings. The second-order valence-corrected chi connectivity index (χ2v) is 9.43. The predicted octanol–water partition coefficient (Wildman–Crippen LogP) is 3.75. The quantitative estimate of drug-likeness (QED) is 0.419. The molecule has 0 saturated carbocycles. The van der Waals surface area contributed by atoms with Crippen molar-refractivity contribution in [3.63, 3.8) is 0 Å². The van der Waals surface area contributed by atoms with Gasteiger partial charge in [-0.2, -0.15) is 0 Å². The smallest absolute Gasteiger partial charge is 0.264 e. The van der Waals surface area contributed by atoms with E-state index in [2.05, 4.69) is 17.2 Å². The van der Waals surface area contributed by atoms with Gasteiger partial charge < -0.3 is 15.4 Å². The second kappa shape index (κ2) is 11.3. The van der Waals surface area contributed by atoms with E-state index in [1.165, 1.54) is 19.2 Å². The number of benzene rings is 3. The summed E-state index contributed by atoms with van der Waals surface area (Å²) in [4.78, 5) is 25.5. The third-order valence-electron chi connectivity index (χ3n) is 5.14. The van der Waals surface area contributed by atoms with Crippen molar-refractivity contribution in [2.75, 3.05) is 29.8 Å². The summed E-state index contributed by atoms with van der Waals surface area (Å²) >= 11 is 0. The van der Waals surface area contributed by atoms with Crippen LogP contribution in [0.4, 0.5) is 11.4 Å². The topological polar surface area (TPSA) is 105 Å². The van der Waals surface area contributed by atoms with Crippen molar-refractivity contribution in [3.05, 3.63) is 96.6 Å². The number of amides is 2. The minimum Gasteiger partial charge on any atom is -0.496 e. The van der Waals surface area contributed by atoms with Crippen LogP contribution < -0.4 is 19.7 Å². The van der Waals surface area contributed by atoms with E-state index >= 15 is 0 Å². The molecule has 0 heterocycles. The Bertz CT molecular complexity index is 1320. The first kappa shape index (κ1) is 25.5.